The molecule has 1 atom stereocenters. The number of rotatable bonds is 4. The number of nitrogens with zero attached hydrogens (tertiary/aromatic N) is 2. The number of hydrogen-bond acceptors (Lipinski definition) is 5. The molecular formula is C8H10N4O3. The van der Waals surface area contributed by atoms with E-state index in [-0.39, 0.29) is 12.2 Å². The van der Waals surface area contributed by atoms with E-state index in [1.807, 2.05) is 0 Å². The molecule has 0 aliphatic rings. The van der Waals surface area contributed by atoms with Gasteiger partial charge in [0.05, 0.1) is 0 Å². The maximum Gasteiger partial charge on any atom is 0.322 e. The Bertz CT molecular complexity index is 354. The molecule has 1 rings (SSSR count). The first-order valence-corrected chi connectivity index (χ1v) is 4.14. The first-order chi connectivity index (χ1) is 7.11. The van der Waals surface area contributed by atoms with Crippen LogP contribution in [0.2, 0.25) is 0 Å². The highest BCUT2D eigenvalue weighted by Crippen LogP contribution is 1.90. The lowest BCUT2D eigenvalue weighted by Gasteiger charge is -2.07. The number of aliphatic carboxylic acids is 1. The Morgan fingerprint density at radius 2 is 2.33 bits per heavy atom. The molecule has 1 aromatic rings. The van der Waals surface area contributed by atoms with E-state index in [1.165, 1.54) is 18.6 Å². The van der Waals surface area contributed by atoms with Crippen LogP contribution in [0.1, 0.15) is 10.5 Å². The van der Waals surface area contributed by atoms with Crippen LogP contribution in [-0.2, 0) is 4.79 Å². The summed E-state index contributed by atoms with van der Waals surface area (Å²) in [6, 6.07) is 0.303. The summed E-state index contributed by atoms with van der Waals surface area (Å²) in [5.41, 5.74) is 5.36. The zero-order chi connectivity index (χ0) is 11.3. The van der Waals surface area contributed by atoms with Crippen LogP contribution in [0.25, 0.3) is 0 Å². The first-order valence-electron chi connectivity index (χ1n) is 4.14. The number of aromatic nitrogens is 2. The summed E-state index contributed by atoms with van der Waals surface area (Å²) in [4.78, 5) is 29.0. The summed E-state index contributed by atoms with van der Waals surface area (Å²) in [5, 5.41) is 10.8. The summed E-state index contributed by atoms with van der Waals surface area (Å²) < 4.78 is 0. The molecule has 7 nitrogen and oxygen atoms in total. The fourth-order valence-corrected chi connectivity index (χ4v) is 0.806. The van der Waals surface area contributed by atoms with Gasteiger partial charge in [-0.15, -0.1) is 0 Å². The van der Waals surface area contributed by atoms with Crippen LogP contribution in [0.4, 0.5) is 0 Å². The molecule has 0 aromatic carbocycles. The van der Waals surface area contributed by atoms with Crippen LogP contribution in [0.5, 0.6) is 0 Å². The van der Waals surface area contributed by atoms with E-state index in [4.69, 9.17) is 10.8 Å². The van der Waals surface area contributed by atoms with E-state index in [2.05, 4.69) is 15.3 Å². The third kappa shape index (κ3) is 3.31. The van der Waals surface area contributed by atoms with Crippen LogP contribution >= 0.6 is 0 Å². The molecule has 4 N–H and O–H groups in total. The van der Waals surface area contributed by atoms with Gasteiger partial charge in [-0.3, -0.25) is 9.59 Å². The number of carboxylic acids is 1. The monoisotopic (exact) mass is 210 g/mol. The summed E-state index contributed by atoms with van der Waals surface area (Å²) in [6.07, 6.45) is 2.64. The quantitative estimate of drug-likeness (QED) is 0.563. The number of nitrogens with two attached hydrogens (primary N) is 1. The lowest BCUT2D eigenvalue weighted by Crippen LogP contribution is -2.42. The summed E-state index contributed by atoms with van der Waals surface area (Å²) in [7, 11) is 0. The molecule has 0 radical (unpaired) electrons. The number of carbonyl (C=O) groups is 2. The molecule has 1 heterocycles. The van der Waals surface area contributed by atoms with Crippen molar-refractivity contribution in [2.24, 2.45) is 5.73 Å². The minimum Gasteiger partial charge on any atom is -0.480 e. The molecule has 0 bridgehead atoms. The predicted octanol–water partition coefficient (Wildman–Crippen LogP) is -1.38. The predicted molar refractivity (Wildman–Crippen MR) is 50.0 cm³/mol. The average Bonchev–Trinajstić information content (AvgIpc) is 2.26. The van der Waals surface area contributed by atoms with Crippen LogP contribution in [0.3, 0.4) is 0 Å². The standard InChI is InChI=1S/C8H10N4O3/c9-5(8(14)15)3-11-7(13)6-1-2-10-4-12-6/h1-2,4-5H,3,9H2,(H,11,13)(H,14,15). The maximum atomic E-state index is 11.3. The fourth-order valence-electron chi connectivity index (χ4n) is 0.806. The van der Waals surface area contributed by atoms with E-state index in [0.717, 1.165) is 0 Å². The molecule has 80 valence electrons. The van der Waals surface area contributed by atoms with E-state index < -0.39 is 17.9 Å². The number of amides is 1. The summed E-state index contributed by atoms with van der Waals surface area (Å²) in [5.74, 6) is -1.65. The van der Waals surface area contributed by atoms with Gasteiger partial charge in [0.15, 0.2) is 0 Å². The summed E-state index contributed by atoms with van der Waals surface area (Å²) >= 11 is 0. The second-order valence-corrected chi connectivity index (χ2v) is 2.75. The van der Waals surface area contributed by atoms with Crippen molar-refractivity contribution < 1.29 is 14.7 Å². The molecule has 0 aliphatic carbocycles. The van der Waals surface area contributed by atoms with Crippen molar-refractivity contribution in [2.75, 3.05) is 6.54 Å². The second kappa shape index (κ2) is 5.01. The topological polar surface area (TPSA) is 118 Å². The van der Waals surface area contributed by atoms with Crippen molar-refractivity contribution in [1.82, 2.24) is 15.3 Å². The SMILES string of the molecule is NC(CNC(=O)c1ccncn1)C(=O)O. The average molecular weight is 210 g/mol. The van der Waals surface area contributed by atoms with Gasteiger partial charge in [0.1, 0.15) is 18.1 Å². The fraction of sp³-hybridized carbons (Fsp3) is 0.250. The van der Waals surface area contributed by atoms with Crippen molar-refractivity contribution in [3.05, 3.63) is 24.3 Å². The van der Waals surface area contributed by atoms with E-state index in [9.17, 15) is 9.59 Å². The zero-order valence-corrected chi connectivity index (χ0v) is 7.75. The van der Waals surface area contributed by atoms with Crippen molar-refractivity contribution in [3.8, 4) is 0 Å². The highest BCUT2D eigenvalue weighted by Gasteiger charge is 2.13. The maximum absolute atomic E-state index is 11.3. The third-order valence-electron chi connectivity index (χ3n) is 1.61. The zero-order valence-electron chi connectivity index (χ0n) is 7.75. The molecule has 0 fully saturated rings. The molecule has 0 saturated heterocycles. The van der Waals surface area contributed by atoms with Crippen LogP contribution in [0, 0.1) is 0 Å². The third-order valence-corrected chi connectivity index (χ3v) is 1.61. The second-order valence-electron chi connectivity index (χ2n) is 2.75. The Labute approximate surface area is 85.3 Å². The van der Waals surface area contributed by atoms with Gasteiger partial charge in [0.25, 0.3) is 5.91 Å². The van der Waals surface area contributed by atoms with Gasteiger partial charge < -0.3 is 16.2 Å². The van der Waals surface area contributed by atoms with Gasteiger partial charge in [0.2, 0.25) is 0 Å². The van der Waals surface area contributed by atoms with Gasteiger partial charge in [-0.1, -0.05) is 0 Å². The molecular weight excluding hydrogens is 200 g/mol. The van der Waals surface area contributed by atoms with Crippen molar-refractivity contribution in [2.45, 2.75) is 6.04 Å². The highest BCUT2D eigenvalue weighted by molar-refractivity contribution is 5.92. The van der Waals surface area contributed by atoms with Gasteiger partial charge in [0, 0.05) is 12.7 Å². The van der Waals surface area contributed by atoms with Gasteiger partial charge in [-0.2, -0.15) is 0 Å². The smallest absolute Gasteiger partial charge is 0.322 e. The van der Waals surface area contributed by atoms with E-state index in [0.29, 0.717) is 0 Å². The van der Waals surface area contributed by atoms with Crippen molar-refractivity contribution >= 4 is 11.9 Å². The van der Waals surface area contributed by atoms with Gasteiger partial charge in [-0.25, -0.2) is 9.97 Å². The van der Waals surface area contributed by atoms with Gasteiger partial charge in [-0.05, 0) is 6.07 Å². The minimum atomic E-state index is -1.17. The Morgan fingerprint density at radius 3 is 2.87 bits per heavy atom. The Balaban J connectivity index is 2.47. The van der Waals surface area contributed by atoms with E-state index in [1.54, 1.807) is 0 Å². The Hall–Kier alpha value is -2.02. The number of nitrogens with one attached hydrogen (secondary N) is 1. The normalized spacial score (nSPS) is 11.8. The Kier molecular flexibility index (Phi) is 3.69. The molecule has 1 amide bonds. The largest absolute Gasteiger partial charge is 0.480 e. The van der Waals surface area contributed by atoms with Crippen molar-refractivity contribution in [1.29, 1.82) is 0 Å². The lowest BCUT2D eigenvalue weighted by molar-refractivity contribution is -0.138. The lowest BCUT2D eigenvalue weighted by atomic mass is 10.3. The molecule has 1 unspecified atom stereocenters. The number of hydrogen-bond donors (Lipinski definition) is 3. The first kappa shape index (κ1) is 11.1. The minimum absolute atomic E-state index is 0.141. The van der Waals surface area contributed by atoms with E-state index >= 15 is 0 Å². The summed E-state index contributed by atoms with van der Waals surface area (Å²) in [6.45, 7) is -0.141. The highest BCUT2D eigenvalue weighted by atomic mass is 16.4. The molecule has 1 aromatic heterocycles. The van der Waals surface area contributed by atoms with Crippen LogP contribution < -0.4 is 11.1 Å². The van der Waals surface area contributed by atoms with Crippen LogP contribution in [-0.4, -0.2) is 39.5 Å². The van der Waals surface area contributed by atoms with Crippen LogP contribution in [0.15, 0.2) is 18.6 Å². The number of carboxylic acid groups (broad SMARTS) is 1. The molecule has 0 saturated carbocycles. The number of carbonyl (C=O) groups excluding carboxylic acids is 1. The van der Waals surface area contributed by atoms with Crippen molar-refractivity contribution in [3.63, 3.8) is 0 Å². The molecule has 15 heavy (non-hydrogen) atoms. The van der Waals surface area contributed by atoms with Gasteiger partial charge >= 0.3 is 5.97 Å². The molecule has 0 spiro atoms. The molecule has 7 heteroatoms. The molecule has 0 aliphatic heterocycles. The Morgan fingerprint density at radius 1 is 1.60 bits per heavy atom.